The predicted molar refractivity (Wildman–Crippen MR) is 119 cm³/mol. The van der Waals surface area contributed by atoms with E-state index < -0.39 is 0 Å². The van der Waals surface area contributed by atoms with Gasteiger partial charge in [0.1, 0.15) is 24.7 Å². The Morgan fingerprint density at radius 3 is 2.62 bits per heavy atom. The summed E-state index contributed by atoms with van der Waals surface area (Å²) in [6, 6.07) is 13.1. The van der Waals surface area contributed by atoms with Gasteiger partial charge in [0.05, 0.1) is 11.4 Å². The normalized spacial score (nSPS) is 15.1. The predicted octanol–water partition coefficient (Wildman–Crippen LogP) is 5.44. The van der Waals surface area contributed by atoms with Crippen molar-refractivity contribution in [2.24, 2.45) is 0 Å². The monoisotopic (exact) mass is 473 g/mol. The lowest BCUT2D eigenvalue weighted by molar-refractivity contribution is -0.123. The molecule has 0 unspecified atom stereocenters. The van der Waals surface area contributed by atoms with Crippen molar-refractivity contribution in [2.45, 2.75) is 6.92 Å². The van der Waals surface area contributed by atoms with E-state index in [2.05, 4.69) is 22.5 Å². The van der Waals surface area contributed by atoms with Crippen molar-refractivity contribution < 1.29 is 19.1 Å². The summed E-state index contributed by atoms with van der Waals surface area (Å²) < 4.78 is 12.1. The Kier molecular flexibility index (Phi) is 7.17. The van der Waals surface area contributed by atoms with Crippen LogP contribution in [0.5, 0.6) is 11.5 Å². The fraction of sp³-hybridized carbons (Fsp3) is 0.182. The average Bonchev–Trinajstić information content (AvgIpc) is 2.96. The van der Waals surface area contributed by atoms with E-state index in [1.807, 2.05) is 43.3 Å². The zero-order chi connectivity index (χ0) is 20.8. The van der Waals surface area contributed by atoms with Gasteiger partial charge in [-0.05, 0) is 55.1 Å². The second kappa shape index (κ2) is 9.80. The number of benzene rings is 2. The van der Waals surface area contributed by atoms with Crippen molar-refractivity contribution in [2.75, 3.05) is 19.8 Å². The van der Waals surface area contributed by atoms with Gasteiger partial charge in [0.25, 0.3) is 11.1 Å². The lowest BCUT2D eigenvalue weighted by atomic mass is 10.2. The SMILES string of the molecule is C=CCOc1ccc(Br)cc1/C=C1\SC(=O)N(CCOc2ccc(C)cc2)C1=O. The molecule has 2 aromatic carbocycles. The van der Waals surface area contributed by atoms with E-state index in [4.69, 9.17) is 9.47 Å². The van der Waals surface area contributed by atoms with Crippen LogP contribution in [-0.4, -0.2) is 35.8 Å². The largest absolute Gasteiger partial charge is 0.492 e. The van der Waals surface area contributed by atoms with Gasteiger partial charge in [-0.2, -0.15) is 0 Å². The highest BCUT2D eigenvalue weighted by atomic mass is 79.9. The van der Waals surface area contributed by atoms with Crippen molar-refractivity contribution >= 4 is 44.9 Å². The molecule has 3 rings (SSSR count). The molecule has 0 aliphatic carbocycles. The van der Waals surface area contributed by atoms with E-state index in [0.717, 1.165) is 21.8 Å². The molecule has 0 N–H and O–H groups in total. The van der Waals surface area contributed by atoms with Crippen LogP contribution in [0.3, 0.4) is 0 Å². The number of nitrogens with zero attached hydrogens (tertiary/aromatic N) is 1. The summed E-state index contributed by atoms with van der Waals surface area (Å²) in [6.45, 7) is 6.41. The van der Waals surface area contributed by atoms with Crippen LogP contribution in [0.1, 0.15) is 11.1 Å². The van der Waals surface area contributed by atoms with E-state index >= 15 is 0 Å². The number of amides is 2. The van der Waals surface area contributed by atoms with E-state index in [-0.39, 0.29) is 24.3 Å². The molecule has 0 saturated carbocycles. The lowest BCUT2D eigenvalue weighted by Gasteiger charge is -2.13. The molecular formula is C22H20BrNO4S. The molecule has 0 spiro atoms. The van der Waals surface area contributed by atoms with Gasteiger partial charge >= 0.3 is 0 Å². The minimum absolute atomic E-state index is 0.189. The minimum atomic E-state index is -0.331. The Morgan fingerprint density at radius 2 is 1.90 bits per heavy atom. The Balaban J connectivity index is 1.69. The lowest BCUT2D eigenvalue weighted by Crippen LogP contribution is -2.32. The second-order valence-electron chi connectivity index (χ2n) is 6.28. The van der Waals surface area contributed by atoms with Crippen LogP contribution in [0.2, 0.25) is 0 Å². The molecule has 0 atom stereocenters. The highest BCUT2D eigenvalue weighted by Gasteiger charge is 2.35. The van der Waals surface area contributed by atoms with Crippen molar-refractivity contribution in [3.63, 3.8) is 0 Å². The fourth-order valence-corrected chi connectivity index (χ4v) is 3.87. The summed E-state index contributed by atoms with van der Waals surface area (Å²) in [5.41, 5.74) is 1.85. The number of ether oxygens (including phenoxy) is 2. The highest BCUT2D eigenvalue weighted by Crippen LogP contribution is 2.34. The molecule has 1 heterocycles. The van der Waals surface area contributed by atoms with Gasteiger partial charge in [-0.15, -0.1) is 0 Å². The first-order valence-electron chi connectivity index (χ1n) is 8.96. The third-order valence-electron chi connectivity index (χ3n) is 4.09. The first kappa shape index (κ1) is 21.2. The molecular weight excluding hydrogens is 454 g/mol. The molecule has 2 aromatic rings. The van der Waals surface area contributed by atoms with E-state index in [9.17, 15) is 9.59 Å². The van der Waals surface area contributed by atoms with Gasteiger partial charge in [0, 0.05) is 10.0 Å². The van der Waals surface area contributed by atoms with Gasteiger partial charge in [-0.1, -0.05) is 46.3 Å². The molecule has 150 valence electrons. The Hall–Kier alpha value is -2.51. The Bertz CT molecular complexity index is 956. The molecule has 1 fully saturated rings. The molecule has 29 heavy (non-hydrogen) atoms. The average molecular weight is 474 g/mol. The number of rotatable bonds is 8. The summed E-state index contributed by atoms with van der Waals surface area (Å²) in [7, 11) is 0. The maximum atomic E-state index is 12.7. The van der Waals surface area contributed by atoms with Gasteiger partial charge in [-0.3, -0.25) is 14.5 Å². The van der Waals surface area contributed by atoms with E-state index in [0.29, 0.717) is 28.6 Å². The number of carbonyl (C=O) groups is 2. The zero-order valence-electron chi connectivity index (χ0n) is 15.9. The third kappa shape index (κ3) is 5.52. The number of carbonyl (C=O) groups excluding carboxylic acids is 2. The van der Waals surface area contributed by atoms with Crippen LogP contribution in [0.15, 0.2) is 64.5 Å². The first-order chi connectivity index (χ1) is 14.0. The third-order valence-corrected chi connectivity index (χ3v) is 5.49. The van der Waals surface area contributed by atoms with Crippen molar-refractivity contribution in [3.8, 4) is 11.5 Å². The van der Waals surface area contributed by atoms with Gasteiger partial charge < -0.3 is 9.47 Å². The fourth-order valence-electron chi connectivity index (χ4n) is 2.64. The number of imide groups is 1. The first-order valence-corrected chi connectivity index (χ1v) is 10.6. The highest BCUT2D eigenvalue weighted by molar-refractivity contribution is 9.10. The summed E-state index contributed by atoms with van der Waals surface area (Å²) in [5.74, 6) is 0.987. The van der Waals surface area contributed by atoms with Crippen molar-refractivity contribution in [1.29, 1.82) is 0 Å². The molecule has 0 bridgehead atoms. The summed E-state index contributed by atoms with van der Waals surface area (Å²) in [5, 5.41) is -0.308. The Labute approximate surface area is 182 Å². The maximum absolute atomic E-state index is 12.7. The Morgan fingerprint density at radius 1 is 1.14 bits per heavy atom. The van der Waals surface area contributed by atoms with Gasteiger partial charge in [0.2, 0.25) is 0 Å². The maximum Gasteiger partial charge on any atom is 0.293 e. The quantitative estimate of drug-likeness (QED) is 0.377. The number of thioether (sulfide) groups is 1. The van der Waals surface area contributed by atoms with Gasteiger partial charge in [0.15, 0.2) is 0 Å². The minimum Gasteiger partial charge on any atom is -0.492 e. The standard InChI is InChI=1S/C22H20BrNO4S/c1-3-11-28-19-9-6-17(23)13-16(19)14-20-21(25)24(22(26)29-20)10-12-27-18-7-4-15(2)5-8-18/h3-9,13-14H,1,10-12H2,2H3/b20-14-. The van der Waals surface area contributed by atoms with Crippen LogP contribution < -0.4 is 9.47 Å². The van der Waals surface area contributed by atoms with E-state index in [1.54, 1.807) is 18.2 Å². The molecule has 0 aromatic heterocycles. The summed E-state index contributed by atoms with van der Waals surface area (Å²) >= 11 is 4.34. The zero-order valence-corrected chi connectivity index (χ0v) is 18.3. The molecule has 1 aliphatic rings. The number of hydrogen-bond acceptors (Lipinski definition) is 5. The smallest absolute Gasteiger partial charge is 0.293 e. The van der Waals surface area contributed by atoms with Gasteiger partial charge in [-0.25, -0.2) is 0 Å². The van der Waals surface area contributed by atoms with E-state index in [1.165, 1.54) is 4.90 Å². The summed E-state index contributed by atoms with van der Waals surface area (Å²) in [6.07, 6.45) is 3.32. The summed E-state index contributed by atoms with van der Waals surface area (Å²) in [4.78, 5) is 26.6. The molecule has 5 nitrogen and oxygen atoms in total. The van der Waals surface area contributed by atoms with Crippen LogP contribution in [0.25, 0.3) is 6.08 Å². The van der Waals surface area contributed by atoms with Crippen LogP contribution >= 0.6 is 27.7 Å². The molecule has 2 amide bonds. The number of aryl methyl sites for hydroxylation is 1. The molecule has 1 aliphatic heterocycles. The molecule has 7 heteroatoms. The van der Waals surface area contributed by atoms with Crippen LogP contribution in [-0.2, 0) is 4.79 Å². The van der Waals surface area contributed by atoms with Crippen LogP contribution in [0, 0.1) is 6.92 Å². The molecule has 0 radical (unpaired) electrons. The van der Waals surface area contributed by atoms with Crippen LogP contribution in [0.4, 0.5) is 4.79 Å². The number of halogens is 1. The second-order valence-corrected chi connectivity index (χ2v) is 8.19. The topological polar surface area (TPSA) is 55.8 Å². The molecule has 1 saturated heterocycles. The van der Waals surface area contributed by atoms with Crippen molar-refractivity contribution in [1.82, 2.24) is 4.90 Å². The number of hydrogen-bond donors (Lipinski definition) is 0. The van der Waals surface area contributed by atoms with Crippen molar-refractivity contribution in [3.05, 3.63) is 75.6 Å².